The van der Waals surface area contributed by atoms with Crippen LogP contribution < -0.4 is 5.32 Å². The number of aromatic amines is 1. The zero-order valence-electron chi connectivity index (χ0n) is 9.13. The summed E-state index contributed by atoms with van der Waals surface area (Å²) in [7, 11) is 1.94. The second-order valence-corrected chi connectivity index (χ2v) is 4.08. The van der Waals surface area contributed by atoms with Crippen molar-refractivity contribution in [3.63, 3.8) is 0 Å². The van der Waals surface area contributed by atoms with Crippen LogP contribution in [0.25, 0.3) is 11.3 Å². The van der Waals surface area contributed by atoms with Crippen LogP contribution in [0.2, 0.25) is 5.02 Å². The predicted octanol–water partition coefficient (Wildman–Crippen LogP) is 2.49. The third kappa shape index (κ3) is 2.62. The molecule has 0 radical (unpaired) electrons. The van der Waals surface area contributed by atoms with Crippen molar-refractivity contribution in [2.24, 2.45) is 0 Å². The van der Waals surface area contributed by atoms with Gasteiger partial charge in [0.25, 0.3) is 0 Å². The Labute approximate surface area is 99.8 Å². The number of aromatic nitrogens is 2. The van der Waals surface area contributed by atoms with E-state index in [1.807, 2.05) is 31.3 Å². The van der Waals surface area contributed by atoms with Crippen molar-refractivity contribution in [1.82, 2.24) is 15.5 Å². The molecular formula is C12H14ClN3. The lowest BCUT2D eigenvalue weighted by Crippen LogP contribution is -2.10. The van der Waals surface area contributed by atoms with E-state index in [1.54, 1.807) is 0 Å². The van der Waals surface area contributed by atoms with Crippen molar-refractivity contribution in [3.05, 3.63) is 41.0 Å². The zero-order chi connectivity index (χ0) is 11.4. The summed E-state index contributed by atoms with van der Waals surface area (Å²) in [6.07, 6.45) is 0.955. The highest BCUT2D eigenvalue weighted by atomic mass is 35.5. The number of nitrogens with zero attached hydrogens (tertiary/aromatic N) is 1. The Morgan fingerprint density at radius 1 is 1.31 bits per heavy atom. The SMILES string of the molecule is CNCCc1cc(-c2ccc(Cl)cc2)n[nH]1. The summed E-state index contributed by atoms with van der Waals surface area (Å²) in [5, 5.41) is 11.2. The van der Waals surface area contributed by atoms with Gasteiger partial charge in [0.1, 0.15) is 0 Å². The van der Waals surface area contributed by atoms with E-state index in [9.17, 15) is 0 Å². The van der Waals surface area contributed by atoms with Crippen molar-refractivity contribution in [3.8, 4) is 11.3 Å². The average Bonchev–Trinajstić information content (AvgIpc) is 2.76. The van der Waals surface area contributed by atoms with Crippen LogP contribution in [-0.2, 0) is 6.42 Å². The molecule has 84 valence electrons. The van der Waals surface area contributed by atoms with Gasteiger partial charge < -0.3 is 5.32 Å². The van der Waals surface area contributed by atoms with Crippen molar-refractivity contribution in [1.29, 1.82) is 0 Å². The van der Waals surface area contributed by atoms with Crippen molar-refractivity contribution >= 4 is 11.6 Å². The van der Waals surface area contributed by atoms with Crippen molar-refractivity contribution < 1.29 is 0 Å². The molecule has 0 fully saturated rings. The van der Waals surface area contributed by atoms with Gasteiger partial charge in [0.15, 0.2) is 0 Å². The molecule has 0 saturated heterocycles. The van der Waals surface area contributed by atoms with Crippen LogP contribution in [0.4, 0.5) is 0 Å². The van der Waals surface area contributed by atoms with Gasteiger partial charge in [0.2, 0.25) is 0 Å². The number of nitrogens with one attached hydrogen (secondary N) is 2. The number of hydrogen-bond donors (Lipinski definition) is 2. The van der Waals surface area contributed by atoms with E-state index < -0.39 is 0 Å². The topological polar surface area (TPSA) is 40.7 Å². The third-order valence-corrected chi connectivity index (χ3v) is 2.67. The number of rotatable bonds is 4. The van der Waals surface area contributed by atoms with Crippen LogP contribution in [0.15, 0.2) is 30.3 Å². The quantitative estimate of drug-likeness (QED) is 0.855. The van der Waals surface area contributed by atoms with Gasteiger partial charge in [-0.05, 0) is 25.2 Å². The fraction of sp³-hybridized carbons (Fsp3) is 0.250. The third-order valence-electron chi connectivity index (χ3n) is 2.42. The van der Waals surface area contributed by atoms with Crippen LogP contribution in [0.5, 0.6) is 0 Å². The van der Waals surface area contributed by atoms with E-state index in [2.05, 4.69) is 21.6 Å². The Morgan fingerprint density at radius 3 is 2.75 bits per heavy atom. The summed E-state index contributed by atoms with van der Waals surface area (Å²) in [5.41, 5.74) is 3.18. The highest BCUT2D eigenvalue weighted by molar-refractivity contribution is 6.30. The minimum Gasteiger partial charge on any atom is -0.319 e. The van der Waals surface area contributed by atoms with E-state index in [-0.39, 0.29) is 0 Å². The van der Waals surface area contributed by atoms with Gasteiger partial charge in [0.05, 0.1) is 5.69 Å². The second-order valence-electron chi connectivity index (χ2n) is 3.64. The molecule has 1 heterocycles. The maximum atomic E-state index is 5.84. The molecule has 2 N–H and O–H groups in total. The molecule has 0 unspecified atom stereocenters. The monoisotopic (exact) mass is 235 g/mol. The normalized spacial score (nSPS) is 10.6. The molecule has 0 saturated carbocycles. The smallest absolute Gasteiger partial charge is 0.0923 e. The second kappa shape index (κ2) is 5.14. The van der Waals surface area contributed by atoms with Crippen LogP contribution in [0, 0.1) is 0 Å². The van der Waals surface area contributed by atoms with Crippen LogP contribution in [-0.4, -0.2) is 23.8 Å². The minimum absolute atomic E-state index is 0.745. The molecular weight excluding hydrogens is 222 g/mol. The first-order valence-corrected chi connectivity index (χ1v) is 5.62. The number of hydrogen-bond acceptors (Lipinski definition) is 2. The van der Waals surface area contributed by atoms with Gasteiger partial charge in [-0.25, -0.2) is 0 Å². The minimum atomic E-state index is 0.745. The summed E-state index contributed by atoms with van der Waals surface area (Å²) in [4.78, 5) is 0. The van der Waals surface area contributed by atoms with Crippen molar-refractivity contribution in [2.75, 3.05) is 13.6 Å². The van der Waals surface area contributed by atoms with Crippen LogP contribution >= 0.6 is 11.6 Å². The predicted molar refractivity (Wildman–Crippen MR) is 66.7 cm³/mol. The highest BCUT2D eigenvalue weighted by Crippen LogP contribution is 2.20. The maximum absolute atomic E-state index is 5.84. The molecule has 2 rings (SSSR count). The Kier molecular flexibility index (Phi) is 3.59. The number of benzene rings is 1. The summed E-state index contributed by atoms with van der Waals surface area (Å²) >= 11 is 5.84. The largest absolute Gasteiger partial charge is 0.319 e. The molecule has 2 aromatic rings. The number of halogens is 1. The molecule has 0 atom stereocenters. The van der Waals surface area contributed by atoms with Crippen molar-refractivity contribution in [2.45, 2.75) is 6.42 Å². The molecule has 0 amide bonds. The first-order valence-electron chi connectivity index (χ1n) is 5.24. The summed E-state index contributed by atoms with van der Waals surface area (Å²) in [6.45, 7) is 0.947. The lowest BCUT2D eigenvalue weighted by atomic mass is 10.1. The lowest BCUT2D eigenvalue weighted by Gasteiger charge is -1.95. The molecule has 0 aliphatic rings. The Bertz CT molecular complexity index is 448. The summed E-state index contributed by atoms with van der Waals surface area (Å²) < 4.78 is 0. The molecule has 0 aliphatic carbocycles. The standard InChI is InChI=1S/C12H14ClN3/c1-14-7-6-11-8-12(16-15-11)9-2-4-10(13)5-3-9/h2-5,8,14H,6-7H2,1H3,(H,15,16). The molecule has 16 heavy (non-hydrogen) atoms. The molecule has 1 aromatic heterocycles. The average molecular weight is 236 g/mol. The molecule has 1 aromatic carbocycles. The molecule has 0 aliphatic heterocycles. The highest BCUT2D eigenvalue weighted by Gasteiger charge is 2.03. The van der Waals surface area contributed by atoms with E-state index in [0.717, 1.165) is 34.9 Å². The maximum Gasteiger partial charge on any atom is 0.0923 e. The van der Waals surface area contributed by atoms with Crippen LogP contribution in [0.3, 0.4) is 0 Å². The van der Waals surface area contributed by atoms with Gasteiger partial charge in [-0.3, -0.25) is 5.10 Å². The molecule has 4 heteroatoms. The fourth-order valence-corrected chi connectivity index (χ4v) is 1.64. The summed E-state index contributed by atoms with van der Waals surface area (Å²) in [6, 6.07) is 9.76. The molecule has 0 bridgehead atoms. The first-order chi connectivity index (χ1) is 7.79. The van der Waals surface area contributed by atoms with E-state index >= 15 is 0 Å². The van der Waals surface area contributed by atoms with Gasteiger partial charge in [-0.1, -0.05) is 23.7 Å². The van der Waals surface area contributed by atoms with Gasteiger partial charge in [-0.15, -0.1) is 0 Å². The van der Waals surface area contributed by atoms with Gasteiger partial charge in [0, 0.05) is 29.2 Å². The summed E-state index contributed by atoms with van der Waals surface area (Å²) in [5.74, 6) is 0. The first kappa shape index (κ1) is 11.2. The van der Waals surface area contributed by atoms with E-state index in [4.69, 9.17) is 11.6 Å². The fourth-order valence-electron chi connectivity index (χ4n) is 1.52. The molecule has 3 nitrogen and oxygen atoms in total. The number of likely N-dealkylation sites (N-methyl/N-ethyl adjacent to an activating group) is 1. The Hall–Kier alpha value is -1.32. The van der Waals surface area contributed by atoms with Gasteiger partial charge >= 0.3 is 0 Å². The van der Waals surface area contributed by atoms with Crippen LogP contribution in [0.1, 0.15) is 5.69 Å². The van der Waals surface area contributed by atoms with E-state index in [0.29, 0.717) is 0 Å². The number of H-pyrrole nitrogens is 1. The van der Waals surface area contributed by atoms with Gasteiger partial charge in [-0.2, -0.15) is 5.10 Å². The Morgan fingerprint density at radius 2 is 2.06 bits per heavy atom. The Balaban J connectivity index is 2.15. The zero-order valence-corrected chi connectivity index (χ0v) is 9.88. The van der Waals surface area contributed by atoms with E-state index in [1.165, 1.54) is 0 Å². The lowest BCUT2D eigenvalue weighted by molar-refractivity contribution is 0.772. The molecule has 0 spiro atoms.